The Bertz CT molecular complexity index is 1250. The van der Waals surface area contributed by atoms with Crippen LogP contribution in [0.3, 0.4) is 0 Å². The van der Waals surface area contributed by atoms with Gasteiger partial charge >= 0.3 is 37.4 Å². The highest BCUT2D eigenvalue weighted by Crippen LogP contribution is 2.36. The summed E-state index contributed by atoms with van der Waals surface area (Å²) in [6.45, 7) is 6.58. The Kier molecular flexibility index (Phi) is 9.16. The van der Waals surface area contributed by atoms with Crippen molar-refractivity contribution in [3.8, 4) is 11.5 Å². The highest BCUT2D eigenvalue weighted by atomic mass is 19.4. The molecular weight excluding hydrogens is 569 g/mol. The van der Waals surface area contributed by atoms with Crippen LogP contribution >= 0.6 is 0 Å². The molecule has 1 saturated heterocycles. The van der Waals surface area contributed by atoms with Gasteiger partial charge in [-0.25, -0.2) is 9.59 Å². The number of hydrogen-bond donors (Lipinski definition) is 1. The second-order valence-corrected chi connectivity index (χ2v) is 9.29. The lowest BCUT2D eigenvalue weighted by Gasteiger charge is -2.21. The van der Waals surface area contributed by atoms with Gasteiger partial charge in [0.25, 0.3) is 0 Å². The molecule has 41 heavy (non-hydrogen) atoms. The van der Waals surface area contributed by atoms with Crippen LogP contribution in [0, 0.1) is 0 Å². The van der Waals surface area contributed by atoms with Gasteiger partial charge < -0.3 is 28.6 Å². The normalized spacial score (nSPS) is 16.5. The van der Waals surface area contributed by atoms with Gasteiger partial charge in [-0.05, 0) is 63.5 Å². The first-order valence-electron chi connectivity index (χ1n) is 11.9. The zero-order valence-corrected chi connectivity index (χ0v) is 21.8. The number of rotatable bonds is 9. The van der Waals surface area contributed by atoms with Gasteiger partial charge in [0.15, 0.2) is 6.10 Å². The summed E-state index contributed by atoms with van der Waals surface area (Å²) in [6, 6.07) is 4.61. The summed E-state index contributed by atoms with van der Waals surface area (Å²) in [5.74, 6) is -4.86. The molecular formula is C25H23BF6O9. The third-order valence-electron chi connectivity index (χ3n) is 5.28. The first-order chi connectivity index (χ1) is 18.9. The Balaban J connectivity index is 1.95. The van der Waals surface area contributed by atoms with E-state index in [0.29, 0.717) is 0 Å². The first-order valence-corrected chi connectivity index (χ1v) is 11.9. The van der Waals surface area contributed by atoms with Crippen molar-refractivity contribution in [1.82, 2.24) is 0 Å². The number of carbonyl (C=O) groups excluding carboxylic acids is 2. The van der Waals surface area contributed by atoms with E-state index in [4.69, 9.17) is 23.5 Å². The van der Waals surface area contributed by atoms with Crippen molar-refractivity contribution in [2.45, 2.75) is 64.5 Å². The van der Waals surface area contributed by atoms with E-state index in [1.165, 1.54) is 18.2 Å². The van der Waals surface area contributed by atoms with Crippen molar-refractivity contribution < 1.29 is 69.4 Å². The third kappa shape index (κ3) is 7.62. The van der Waals surface area contributed by atoms with Gasteiger partial charge in [-0.2, -0.15) is 26.3 Å². The van der Waals surface area contributed by atoms with Gasteiger partial charge in [-0.15, -0.1) is 0 Å². The maximum absolute atomic E-state index is 13.3. The quantitative estimate of drug-likeness (QED) is 0.259. The average molecular weight is 592 g/mol. The monoisotopic (exact) mass is 592 g/mol. The Morgan fingerprint density at radius 1 is 0.902 bits per heavy atom. The standard InChI is InChI=1S/C25H23BF6O9/c1-11(2)37-16-6-5-7-17(38-12(3)4)18(16)22(35)39-19(21(33)34)20-23(36)41-26(40-20)15-9-13(24(27,28)29)8-14(10-15)25(30,31)32/h5-12,19-20H,1-4H3,(H,33,34)/t19-,20-/m0/s1. The van der Waals surface area contributed by atoms with Crippen molar-refractivity contribution in [2.24, 2.45) is 0 Å². The summed E-state index contributed by atoms with van der Waals surface area (Å²) < 4.78 is 106. The predicted molar refractivity (Wildman–Crippen MR) is 128 cm³/mol. The lowest BCUT2D eigenvalue weighted by Crippen LogP contribution is -2.43. The molecule has 1 aliphatic heterocycles. The molecule has 3 rings (SSSR count). The summed E-state index contributed by atoms with van der Waals surface area (Å²) >= 11 is 0. The molecule has 0 saturated carbocycles. The molecule has 1 heterocycles. The Morgan fingerprint density at radius 2 is 1.39 bits per heavy atom. The van der Waals surface area contributed by atoms with Crippen LogP contribution in [0.15, 0.2) is 36.4 Å². The van der Waals surface area contributed by atoms with E-state index in [1.807, 2.05) is 0 Å². The van der Waals surface area contributed by atoms with Crippen LogP contribution in [0.2, 0.25) is 0 Å². The molecule has 16 heteroatoms. The summed E-state index contributed by atoms with van der Waals surface area (Å²) in [4.78, 5) is 37.7. The number of carboxylic acid groups (broad SMARTS) is 1. The average Bonchev–Trinajstić information content (AvgIpc) is 3.21. The molecule has 1 N–H and O–H groups in total. The second kappa shape index (κ2) is 11.9. The fraction of sp³-hybridized carbons (Fsp3) is 0.400. The van der Waals surface area contributed by atoms with E-state index in [0.717, 1.165) is 0 Å². The minimum Gasteiger partial charge on any atom is -0.504 e. The summed E-state index contributed by atoms with van der Waals surface area (Å²) in [5, 5.41) is 9.71. The molecule has 0 bridgehead atoms. The molecule has 2 atom stereocenters. The first kappa shape index (κ1) is 31.6. The summed E-state index contributed by atoms with van der Waals surface area (Å²) in [5.41, 5.74) is -4.64. The topological polar surface area (TPSA) is 118 Å². The maximum Gasteiger partial charge on any atom is 0.565 e. The largest absolute Gasteiger partial charge is 0.565 e. The molecule has 2 aromatic rings. The van der Waals surface area contributed by atoms with Crippen LogP contribution in [-0.4, -0.2) is 54.5 Å². The van der Waals surface area contributed by atoms with E-state index in [1.54, 1.807) is 27.7 Å². The van der Waals surface area contributed by atoms with Crippen molar-refractivity contribution in [1.29, 1.82) is 0 Å². The number of carbonyl (C=O) groups is 3. The minimum absolute atomic E-state index is 0.0521. The zero-order chi connectivity index (χ0) is 30.9. The van der Waals surface area contributed by atoms with Crippen molar-refractivity contribution >= 4 is 30.5 Å². The highest BCUT2D eigenvalue weighted by Gasteiger charge is 2.51. The minimum atomic E-state index is -5.21. The molecule has 1 aliphatic rings. The molecule has 0 amide bonds. The lowest BCUT2D eigenvalue weighted by molar-refractivity contribution is -0.158. The molecule has 0 aliphatic carbocycles. The van der Waals surface area contributed by atoms with Crippen LogP contribution in [-0.2, 0) is 36.0 Å². The van der Waals surface area contributed by atoms with Gasteiger partial charge in [0.05, 0.1) is 23.3 Å². The molecule has 9 nitrogen and oxygen atoms in total. The number of halogens is 6. The van der Waals surface area contributed by atoms with E-state index in [-0.39, 0.29) is 35.3 Å². The highest BCUT2D eigenvalue weighted by molar-refractivity contribution is 6.64. The van der Waals surface area contributed by atoms with E-state index < -0.39 is 78.4 Å². The fourth-order valence-corrected chi connectivity index (χ4v) is 3.68. The Hall–Kier alpha value is -3.95. The van der Waals surface area contributed by atoms with Crippen LogP contribution in [0.1, 0.15) is 49.2 Å². The molecule has 1 fully saturated rings. The van der Waals surface area contributed by atoms with Gasteiger partial charge in [-0.3, -0.25) is 4.79 Å². The third-order valence-corrected chi connectivity index (χ3v) is 5.28. The molecule has 0 aromatic heterocycles. The van der Waals surface area contributed by atoms with E-state index in [2.05, 4.69) is 0 Å². The second-order valence-electron chi connectivity index (χ2n) is 9.29. The molecule has 222 valence electrons. The van der Waals surface area contributed by atoms with Crippen molar-refractivity contribution in [3.63, 3.8) is 0 Å². The number of alkyl halides is 6. The number of aliphatic carboxylic acids is 1. The van der Waals surface area contributed by atoms with Crippen molar-refractivity contribution in [3.05, 3.63) is 53.1 Å². The maximum atomic E-state index is 13.3. The fourth-order valence-electron chi connectivity index (χ4n) is 3.68. The summed E-state index contributed by atoms with van der Waals surface area (Å²) in [7, 11) is -2.17. The van der Waals surface area contributed by atoms with Gasteiger partial charge in [0.2, 0.25) is 6.10 Å². The van der Waals surface area contributed by atoms with E-state index >= 15 is 0 Å². The summed E-state index contributed by atoms with van der Waals surface area (Å²) in [6.07, 6.45) is -16.0. The Morgan fingerprint density at radius 3 is 1.80 bits per heavy atom. The van der Waals surface area contributed by atoms with Gasteiger partial charge in [0.1, 0.15) is 17.1 Å². The lowest BCUT2D eigenvalue weighted by atomic mass is 9.77. The molecule has 0 spiro atoms. The van der Waals surface area contributed by atoms with Gasteiger partial charge in [0, 0.05) is 0 Å². The van der Waals surface area contributed by atoms with E-state index in [9.17, 15) is 45.8 Å². The number of hydrogen-bond acceptors (Lipinski definition) is 8. The van der Waals surface area contributed by atoms with Crippen LogP contribution in [0.5, 0.6) is 11.5 Å². The number of ether oxygens (including phenoxy) is 3. The zero-order valence-electron chi connectivity index (χ0n) is 21.8. The number of benzene rings is 2. The molecule has 2 aromatic carbocycles. The Labute approximate surface area is 229 Å². The molecule has 0 radical (unpaired) electrons. The van der Waals surface area contributed by atoms with Gasteiger partial charge in [-0.1, -0.05) is 6.07 Å². The van der Waals surface area contributed by atoms with Crippen LogP contribution in [0.25, 0.3) is 0 Å². The molecule has 0 unspecified atom stereocenters. The van der Waals surface area contributed by atoms with Crippen LogP contribution in [0.4, 0.5) is 26.3 Å². The van der Waals surface area contributed by atoms with Crippen LogP contribution < -0.4 is 14.9 Å². The van der Waals surface area contributed by atoms with Crippen molar-refractivity contribution in [2.75, 3.05) is 0 Å². The predicted octanol–water partition coefficient (Wildman–Crippen LogP) is 4.25. The smallest absolute Gasteiger partial charge is 0.504 e. The number of carboxylic acids is 1. The number of esters is 1. The SMILES string of the molecule is CC(C)Oc1cccc(OC(C)C)c1C(=O)O[C@H](C(=O)O)[C@@H]1OB(c2cc(C(F)(F)F)cc(C(F)(F)F)c2)OC1=O.